The van der Waals surface area contributed by atoms with Crippen LogP contribution in [-0.2, 0) is 10.0 Å². The summed E-state index contributed by atoms with van der Waals surface area (Å²) in [4.78, 5) is 9.32. The summed E-state index contributed by atoms with van der Waals surface area (Å²) >= 11 is 0. The monoisotopic (exact) mass is 244 g/mol. The largest absolute Gasteiger partial charge is 0.314 e. The number of para-hydroxylation sites is 1. The summed E-state index contributed by atoms with van der Waals surface area (Å²) in [5, 5.41) is 10.6. The fourth-order valence-corrected chi connectivity index (χ4v) is 1.95. The van der Waals surface area contributed by atoms with Gasteiger partial charge in [-0.25, -0.2) is 5.84 Å². The van der Waals surface area contributed by atoms with E-state index in [1.165, 1.54) is 12.1 Å². The van der Waals surface area contributed by atoms with Crippen LogP contribution >= 0.6 is 0 Å². The van der Waals surface area contributed by atoms with Gasteiger partial charge in [-0.15, -0.1) is 4.40 Å². The number of nitrogens with one attached hydrogen (secondary N) is 1. The van der Waals surface area contributed by atoms with Crippen LogP contribution in [0.15, 0.2) is 33.6 Å². The number of sulfonamides is 1. The molecule has 0 saturated heterocycles. The first-order valence-electron chi connectivity index (χ1n) is 3.97. The van der Waals surface area contributed by atoms with Gasteiger partial charge in [-0.2, -0.15) is 8.42 Å². The molecule has 0 aliphatic heterocycles. The molecule has 9 heteroatoms. The van der Waals surface area contributed by atoms with Gasteiger partial charge in [0.05, 0.1) is 4.92 Å². The molecular weight excluding hydrogens is 236 g/mol. The lowest BCUT2D eigenvalue weighted by Gasteiger charge is -1.99. The third kappa shape index (κ3) is 2.52. The highest BCUT2D eigenvalue weighted by molar-refractivity contribution is 7.90. The van der Waals surface area contributed by atoms with E-state index in [0.29, 0.717) is 0 Å². The molecule has 0 fully saturated rings. The molecule has 0 bridgehead atoms. The minimum absolute atomic E-state index is 0.480. The van der Waals surface area contributed by atoms with Crippen LogP contribution in [0.5, 0.6) is 0 Å². The van der Waals surface area contributed by atoms with E-state index in [-0.39, 0.29) is 0 Å². The number of nitro groups is 1. The molecule has 16 heavy (non-hydrogen) atoms. The molecule has 1 rings (SSSR count). The number of hydrogen-bond donors (Lipinski definition) is 2. The Morgan fingerprint density at radius 2 is 2.06 bits per heavy atom. The van der Waals surface area contributed by atoms with Crippen molar-refractivity contribution in [3.63, 3.8) is 0 Å². The minimum atomic E-state index is -4.11. The summed E-state index contributed by atoms with van der Waals surface area (Å²) in [6, 6.07) is 4.91. The average molecular weight is 244 g/mol. The predicted molar refractivity (Wildman–Crippen MR) is 56.1 cm³/mol. The zero-order valence-corrected chi connectivity index (χ0v) is 8.72. The summed E-state index contributed by atoms with van der Waals surface area (Å²) in [7, 11) is -4.11. The van der Waals surface area contributed by atoms with Gasteiger partial charge in [0, 0.05) is 6.07 Å². The molecule has 1 aromatic rings. The maximum absolute atomic E-state index is 11.5. The Labute approximate surface area is 91.0 Å². The van der Waals surface area contributed by atoms with Crippen molar-refractivity contribution in [3.8, 4) is 0 Å². The molecule has 0 spiro atoms. The second kappa shape index (κ2) is 4.68. The van der Waals surface area contributed by atoms with Gasteiger partial charge in [0.25, 0.3) is 15.7 Å². The Hall–Kier alpha value is -2.00. The van der Waals surface area contributed by atoms with Crippen LogP contribution in [0, 0.1) is 10.1 Å². The second-order valence-corrected chi connectivity index (χ2v) is 4.20. The van der Waals surface area contributed by atoms with Gasteiger partial charge in [-0.1, -0.05) is 12.1 Å². The second-order valence-electron chi connectivity index (χ2n) is 2.60. The van der Waals surface area contributed by atoms with Gasteiger partial charge in [0.2, 0.25) is 0 Å². The van der Waals surface area contributed by atoms with Crippen molar-refractivity contribution < 1.29 is 13.3 Å². The number of nitrogens with zero attached hydrogens (tertiary/aromatic N) is 2. The normalized spacial score (nSPS) is 11.6. The number of nitro benzene ring substituents is 1. The highest BCUT2D eigenvalue weighted by Gasteiger charge is 2.23. The van der Waals surface area contributed by atoms with E-state index in [1.54, 1.807) is 0 Å². The van der Waals surface area contributed by atoms with Crippen molar-refractivity contribution in [1.29, 1.82) is 0 Å². The fraction of sp³-hybridized carbons (Fsp3) is 0. The van der Waals surface area contributed by atoms with E-state index in [9.17, 15) is 18.5 Å². The topological polar surface area (TPSA) is 128 Å². The van der Waals surface area contributed by atoms with Crippen molar-refractivity contribution >= 4 is 22.0 Å². The third-order valence-electron chi connectivity index (χ3n) is 1.61. The molecule has 0 heterocycles. The first-order chi connectivity index (χ1) is 7.49. The molecule has 0 aliphatic carbocycles. The maximum Gasteiger partial charge on any atom is 0.290 e. The zero-order chi connectivity index (χ0) is 12.2. The lowest BCUT2D eigenvalue weighted by atomic mass is 10.3. The smallest absolute Gasteiger partial charge is 0.290 e. The highest BCUT2D eigenvalue weighted by atomic mass is 32.2. The SMILES string of the molecule is NNC=NS(=O)(=O)c1ccccc1[N+](=O)[O-]. The quantitative estimate of drug-likeness (QED) is 0.247. The Morgan fingerprint density at radius 3 is 2.62 bits per heavy atom. The lowest BCUT2D eigenvalue weighted by Crippen LogP contribution is -2.20. The molecule has 0 radical (unpaired) electrons. The van der Waals surface area contributed by atoms with Crippen LogP contribution < -0.4 is 11.3 Å². The van der Waals surface area contributed by atoms with Crippen LogP contribution in [0.1, 0.15) is 0 Å². The van der Waals surface area contributed by atoms with E-state index >= 15 is 0 Å². The molecule has 0 unspecified atom stereocenters. The van der Waals surface area contributed by atoms with E-state index in [0.717, 1.165) is 18.5 Å². The van der Waals surface area contributed by atoms with Gasteiger partial charge in [0.1, 0.15) is 6.34 Å². The van der Waals surface area contributed by atoms with Crippen molar-refractivity contribution in [2.75, 3.05) is 0 Å². The molecule has 0 aromatic heterocycles. The predicted octanol–water partition coefficient (Wildman–Crippen LogP) is -0.225. The van der Waals surface area contributed by atoms with Crippen molar-refractivity contribution in [1.82, 2.24) is 5.43 Å². The van der Waals surface area contributed by atoms with Gasteiger partial charge in [0.15, 0.2) is 4.90 Å². The molecule has 0 atom stereocenters. The van der Waals surface area contributed by atoms with E-state index < -0.39 is 25.5 Å². The van der Waals surface area contributed by atoms with Crippen molar-refractivity contribution in [2.24, 2.45) is 10.2 Å². The molecule has 86 valence electrons. The maximum atomic E-state index is 11.5. The van der Waals surface area contributed by atoms with Gasteiger partial charge >= 0.3 is 0 Å². The van der Waals surface area contributed by atoms with Crippen LogP contribution in [0.3, 0.4) is 0 Å². The summed E-state index contributed by atoms with van der Waals surface area (Å²) in [5.74, 6) is 4.81. The minimum Gasteiger partial charge on any atom is -0.314 e. The first kappa shape index (κ1) is 12.1. The van der Waals surface area contributed by atoms with Crippen LogP contribution in [0.25, 0.3) is 0 Å². The summed E-state index contributed by atoms with van der Waals surface area (Å²) < 4.78 is 26.1. The van der Waals surface area contributed by atoms with Crippen molar-refractivity contribution in [2.45, 2.75) is 4.90 Å². The van der Waals surface area contributed by atoms with Gasteiger partial charge in [-0.05, 0) is 6.07 Å². The molecule has 0 aliphatic rings. The van der Waals surface area contributed by atoms with E-state index in [1.807, 2.05) is 5.43 Å². The lowest BCUT2D eigenvalue weighted by molar-refractivity contribution is -0.387. The molecule has 0 saturated carbocycles. The third-order valence-corrected chi connectivity index (χ3v) is 2.89. The fourth-order valence-electron chi connectivity index (χ4n) is 0.983. The summed E-state index contributed by atoms with van der Waals surface area (Å²) in [5.41, 5.74) is 1.37. The summed E-state index contributed by atoms with van der Waals surface area (Å²) in [6.45, 7) is 0. The Morgan fingerprint density at radius 1 is 1.44 bits per heavy atom. The van der Waals surface area contributed by atoms with Crippen molar-refractivity contribution in [3.05, 3.63) is 34.4 Å². The molecular formula is C7H8N4O4S. The number of hydrazine groups is 1. The molecule has 3 N–H and O–H groups in total. The number of nitrogens with two attached hydrogens (primary N) is 1. The molecule has 8 nitrogen and oxygen atoms in total. The number of hydrogen-bond acceptors (Lipinski definition) is 5. The Bertz CT molecular complexity index is 525. The Kier molecular flexibility index (Phi) is 3.53. The number of benzene rings is 1. The first-order valence-corrected chi connectivity index (χ1v) is 5.41. The Balaban J connectivity index is 3.33. The number of rotatable bonds is 4. The van der Waals surface area contributed by atoms with Gasteiger partial charge in [-0.3, -0.25) is 10.1 Å². The van der Waals surface area contributed by atoms with E-state index in [2.05, 4.69) is 4.40 Å². The standard InChI is InChI=1S/C7H8N4O4S/c8-9-5-10-16(14,15)7-4-2-1-3-6(7)11(12)13/h1-5H,8H2,(H,9,10). The highest BCUT2D eigenvalue weighted by Crippen LogP contribution is 2.24. The summed E-state index contributed by atoms with van der Waals surface area (Å²) in [6.07, 6.45) is 0.728. The van der Waals surface area contributed by atoms with E-state index in [4.69, 9.17) is 5.84 Å². The van der Waals surface area contributed by atoms with Crippen LogP contribution in [0.4, 0.5) is 5.69 Å². The average Bonchev–Trinajstić information content (AvgIpc) is 2.26. The van der Waals surface area contributed by atoms with Crippen LogP contribution in [0.2, 0.25) is 0 Å². The van der Waals surface area contributed by atoms with Crippen LogP contribution in [-0.4, -0.2) is 19.7 Å². The molecule has 0 amide bonds. The molecule has 1 aromatic carbocycles. The van der Waals surface area contributed by atoms with Gasteiger partial charge < -0.3 is 5.43 Å². The zero-order valence-electron chi connectivity index (χ0n) is 7.90.